The average molecular weight is 245 g/mol. The van der Waals surface area contributed by atoms with Crippen molar-refractivity contribution in [3.63, 3.8) is 0 Å². The van der Waals surface area contributed by atoms with Crippen LogP contribution in [-0.2, 0) is 0 Å². The van der Waals surface area contributed by atoms with Crippen LogP contribution < -0.4 is 0 Å². The molecule has 1 heterocycles. The SMILES string of the molecule is C=CCCC(=O)c1cc(Br)cs1. The third kappa shape index (κ3) is 2.57. The molecule has 3 heteroatoms. The zero-order chi connectivity index (χ0) is 8.97. The Bertz CT molecular complexity index is 290. The topological polar surface area (TPSA) is 17.1 Å². The maximum atomic E-state index is 11.4. The van der Waals surface area contributed by atoms with Gasteiger partial charge in [0.25, 0.3) is 0 Å². The number of hydrogen-bond donors (Lipinski definition) is 0. The Morgan fingerprint density at radius 1 is 1.75 bits per heavy atom. The summed E-state index contributed by atoms with van der Waals surface area (Å²) in [6.07, 6.45) is 3.09. The molecule has 1 aromatic heterocycles. The second-order valence-electron chi connectivity index (χ2n) is 2.38. The summed E-state index contributed by atoms with van der Waals surface area (Å²) in [5.74, 6) is 0.200. The highest BCUT2D eigenvalue weighted by molar-refractivity contribution is 9.10. The number of rotatable bonds is 4. The van der Waals surface area contributed by atoms with E-state index in [1.807, 2.05) is 11.4 Å². The molecule has 0 amide bonds. The van der Waals surface area contributed by atoms with Crippen LogP contribution in [0, 0.1) is 0 Å². The van der Waals surface area contributed by atoms with Crippen LogP contribution in [0.5, 0.6) is 0 Å². The van der Waals surface area contributed by atoms with Gasteiger partial charge in [-0.2, -0.15) is 0 Å². The number of ketones is 1. The number of hydrogen-bond acceptors (Lipinski definition) is 2. The van der Waals surface area contributed by atoms with E-state index in [9.17, 15) is 4.79 Å². The zero-order valence-corrected chi connectivity index (χ0v) is 8.95. The molecule has 0 aliphatic carbocycles. The number of carbonyl (C=O) groups is 1. The Hall–Kier alpha value is -0.410. The molecule has 0 radical (unpaired) electrons. The van der Waals surface area contributed by atoms with Crippen LogP contribution in [0.15, 0.2) is 28.6 Å². The third-order valence-electron chi connectivity index (χ3n) is 1.42. The Labute approximate surface area is 84.2 Å². The van der Waals surface area contributed by atoms with E-state index in [0.29, 0.717) is 6.42 Å². The number of carbonyl (C=O) groups excluding carboxylic acids is 1. The van der Waals surface area contributed by atoms with Crippen molar-refractivity contribution in [1.29, 1.82) is 0 Å². The van der Waals surface area contributed by atoms with Crippen LogP contribution in [0.1, 0.15) is 22.5 Å². The fraction of sp³-hybridized carbons (Fsp3) is 0.222. The van der Waals surface area contributed by atoms with E-state index in [4.69, 9.17) is 0 Å². The Kier molecular flexibility index (Phi) is 3.69. The van der Waals surface area contributed by atoms with Gasteiger partial charge in [0.15, 0.2) is 5.78 Å². The first-order chi connectivity index (χ1) is 5.74. The van der Waals surface area contributed by atoms with Crippen molar-refractivity contribution >= 4 is 33.0 Å². The van der Waals surface area contributed by atoms with Crippen molar-refractivity contribution in [1.82, 2.24) is 0 Å². The number of thiophene rings is 1. The van der Waals surface area contributed by atoms with Gasteiger partial charge in [-0.3, -0.25) is 4.79 Å². The zero-order valence-electron chi connectivity index (χ0n) is 6.55. The quantitative estimate of drug-likeness (QED) is 0.584. The predicted molar refractivity (Wildman–Crippen MR) is 55.8 cm³/mol. The fourth-order valence-electron chi connectivity index (χ4n) is 0.816. The highest BCUT2D eigenvalue weighted by Crippen LogP contribution is 2.21. The number of allylic oxidation sites excluding steroid dienone is 1. The lowest BCUT2D eigenvalue weighted by molar-refractivity contribution is 0.0987. The second-order valence-corrected chi connectivity index (χ2v) is 4.21. The molecule has 12 heavy (non-hydrogen) atoms. The molecule has 0 N–H and O–H groups in total. The van der Waals surface area contributed by atoms with Gasteiger partial charge in [-0.15, -0.1) is 17.9 Å². The summed E-state index contributed by atoms with van der Waals surface area (Å²) in [4.78, 5) is 12.2. The van der Waals surface area contributed by atoms with E-state index < -0.39 is 0 Å². The van der Waals surface area contributed by atoms with Gasteiger partial charge in [-0.05, 0) is 28.4 Å². The van der Waals surface area contributed by atoms with Crippen LogP contribution in [0.25, 0.3) is 0 Å². The number of halogens is 1. The summed E-state index contributed by atoms with van der Waals surface area (Å²) in [5.41, 5.74) is 0. The first-order valence-corrected chi connectivity index (χ1v) is 5.29. The first kappa shape index (κ1) is 9.68. The van der Waals surface area contributed by atoms with Crippen molar-refractivity contribution in [3.8, 4) is 0 Å². The van der Waals surface area contributed by atoms with Gasteiger partial charge >= 0.3 is 0 Å². The molecule has 0 aliphatic heterocycles. The van der Waals surface area contributed by atoms with Crippen LogP contribution in [0.3, 0.4) is 0 Å². The molecule has 0 fully saturated rings. The molecule has 1 rings (SSSR count). The van der Waals surface area contributed by atoms with Gasteiger partial charge < -0.3 is 0 Å². The Morgan fingerprint density at radius 2 is 2.50 bits per heavy atom. The molecule has 1 nitrogen and oxygen atoms in total. The van der Waals surface area contributed by atoms with Crippen molar-refractivity contribution in [2.75, 3.05) is 0 Å². The van der Waals surface area contributed by atoms with E-state index in [1.54, 1.807) is 6.08 Å². The average Bonchev–Trinajstić information content (AvgIpc) is 2.47. The maximum Gasteiger partial charge on any atom is 0.173 e. The third-order valence-corrected chi connectivity index (χ3v) is 3.15. The minimum atomic E-state index is 0.200. The van der Waals surface area contributed by atoms with Crippen molar-refractivity contribution in [3.05, 3.63) is 33.5 Å². The summed E-state index contributed by atoms with van der Waals surface area (Å²) in [6.45, 7) is 3.57. The smallest absolute Gasteiger partial charge is 0.173 e. The Morgan fingerprint density at radius 3 is 3.00 bits per heavy atom. The molecule has 0 saturated heterocycles. The molecule has 0 aromatic carbocycles. The maximum absolute atomic E-state index is 11.4. The molecule has 0 aliphatic rings. The van der Waals surface area contributed by atoms with Gasteiger partial charge in [0.2, 0.25) is 0 Å². The summed E-state index contributed by atoms with van der Waals surface area (Å²) in [6, 6.07) is 1.86. The van der Waals surface area contributed by atoms with Gasteiger partial charge in [0.1, 0.15) is 0 Å². The minimum Gasteiger partial charge on any atom is -0.293 e. The first-order valence-electron chi connectivity index (χ1n) is 3.62. The van der Waals surface area contributed by atoms with Crippen LogP contribution in [0.2, 0.25) is 0 Å². The van der Waals surface area contributed by atoms with E-state index in [-0.39, 0.29) is 5.78 Å². The predicted octanol–water partition coefficient (Wildman–Crippen LogP) is 3.66. The monoisotopic (exact) mass is 244 g/mol. The van der Waals surface area contributed by atoms with E-state index >= 15 is 0 Å². The molecule has 0 atom stereocenters. The molecule has 0 unspecified atom stereocenters. The highest BCUT2D eigenvalue weighted by atomic mass is 79.9. The summed E-state index contributed by atoms with van der Waals surface area (Å²) >= 11 is 4.78. The van der Waals surface area contributed by atoms with Gasteiger partial charge in [0, 0.05) is 16.3 Å². The van der Waals surface area contributed by atoms with Gasteiger partial charge in [-0.25, -0.2) is 0 Å². The van der Waals surface area contributed by atoms with Crippen LogP contribution >= 0.6 is 27.3 Å². The molecule has 0 spiro atoms. The van der Waals surface area contributed by atoms with E-state index in [1.165, 1.54) is 11.3 Å². The summed E-state index contributed by atoms with van der Waals surface area (Å²) in [5, 5.41) is 1.92. The lowest BCUT2D eigenvalue weighted by Crippen LogP contribution is -1.93. The van der Waals surface area contributed by atoms with Crippen molar-refractivity contribution in [2.45, 2.75) is 12.8 Å². The second kappa shape index (κ2) is 4.58. The van der Waals surface area contributed by atoms with Gasteiger partial charge in [0.05, 0.1) is 4.88 Å². The van der Waals surface area contributed by atoms with Crippen molar-refractivity contribution < 1.29 is 4.79 Å². The normalized spacial score (nSPS) is 9.75. The molecular formula is C9H9BrOS. The Balaban J connectivity index is 2.59. The lowest BCUT2D eigenvalue weighted by Gasteiger charge is -1.91. The molecule has 1 aromatic rings. The summed E-state index contributed by atoms with van der Waals surface area (Å²) < 4.78 is 0.981. The molecule has 0 bridgehead atoms. The lowest BCUT2D eigenvalue weighted by atomic mass is 10.2. The van der Waals surface area contributed by atoms with Gasteiger partial charge in [-0.1, -0.05) is 6.08 Å². The van der Waals surface area contributed by atoms with E-state index in [2.05, 4.69) is 22.5 Å². The fourth-order valence-corrected chi connectivity index (χ4v) is 2.21. The van der Waals surface area contributed by atoms with E-state index in [0.717, 1.165) is 15.8 Å². The number of Topliss-reactive ketones (excluding diaryl/α,β-unsaturated/α-hetero) is 1. The van der Waals surface area contributed by atoms with Crippen molar-refractivity contribution in [2.24, 2.45) is 0 Å². The minimum absolute atomic E-state index is 0.200. The molecular weight excluding hydrogens is 236 g/mol. The standard InChI is InChI=1S/C9H9BrOS/c1-2-3-4-8(11)9-5-7(10)6-12-9/h2,5-6H,1,3-4H2. The highest BCUT2D eigenvalue weighted by Gasteiger charge is 2.06. The molecule has 0 saturated carbocycles. The largest absolute Gasteiger partial charge is 0.293 e. The van der Waals surface area contributed by atoms with Crippen LogP contribution in [0.4, 0.5) is 0 Å². The van der Waals surface area contributed by atoms with Crippen LogP contribution in [-0.4, -0.2) is 5.78 Å². The molecule has 64 valence electrons. The summed E-state index contributed by atoms with van der Waals surface area (Å²) in [7, 11) is 0.